The van der Waals surface area contributed by atoms with Gasteiger partial charge in [-0.1, -0.05) is 202 Å². The molecular weight excluding hydrogens is 636 g/mol. The Kier molecular flexibility index (Phi) is 37.0. The van der Waals surface area contributed by atoms with E-state index in [2.05, 4.69) is 34.6 Å². The molecule has 0 aromatic rings. The lowest BCUT2D eigenvalue weighted by atomic mass is 9.99. The predicted octanol–water partition coefficient (Wildman–Crippen LogP) is 13.8. The molecule has 0 radical (unpaired) electrons. The molecule has 0 saturated carbocycles. The Balaban J connectivity index is 4.30. The van der Waals surface area contributed by atoms with Crippen LogP contribution in [0.4, 0.5) is 0 Å². The largest absolute Gasteiger partial charge is 0.462 e. The van der Waals surface area contributed by atoms with Gasteiger partial charge in [0.25, 0.3) is 0 Å². The van der Waals surface area contributed by atoms with E-state index >= 15 is 0 Å². The van der Waals surface area contributed by atoms with Crippen molar-refractivity contribution in [2.24, 2.45) is 11.8 Å². The van der Waals surface area contributed by atoms with Crippen LogP contribution in [0.25, 0.3) is 0 Å². The van der Waals surface area contributed by atoms with Gasteiger partial charge in [0.05, 0.1) is 0 Å². The normalized spacial score (nSPS) is 13.1. The number of esters is 3. The summed E-state index contributed by atoms with van der Waals surface area (Å²) in [7, 11) is 0. The minimum absolute atomic E-state index is 0.0658. The first-order chi connectivity index (χ1) is 24.8. The highest BCUT2D eigenvalue weighted by Crippen LogP contribution is 2.17. The standard InChI is InChI=1S/C45H86O6/c1-6-9-10-11-18-25-30-35-43(46)49-38-42(51-45(48)37-32-27-22-17-16-20-24-29-34-41(5)8-3)39-50-44(47)36-31-26-21-15-13-12-14-19-23-28-33-40(4)7-2/h40-42H,6-39H2,1-5H3/t40?,41?,42-/m1/s1. The number of ether oxygens (including phenoxy) is 3. The summed E-state index contributed by atoms with van der Waals surface area (Å²) in [5, 5.41) is 0. The van der Waals surface area contributed by atoms with E-state index in [1.807, 2.05) is 0 Å². The van der Waals surface area contributed by atoms with E-state index in [0.29, 0.717) is 19.3 Å². The number of carbonyl (C=O) groups is 3. The zero-order valence-corrected chi connectivity index (χ0v) is 34.7. The van der Waals surface area contributed by atoms with E-state index in [-0.39, 0.29) is 31.1 Å². The molecule has 0 bridgehead atoms. The zero-order chi connectivity index (χ0) is 37.6. The molecule has 0 amide bonds. The molecule has 3 atom stereocenters. The fourth-order valence-corrected chi connectivity index (χ4v) is 6.51. The van der Waals surface area contributed by atoms with Crippen LogP contribution >= 0.6 is 0 Å². The second-order valence-electron chi connectivity index (χ2n) is 15.8. The van der Waals surface area contributed by atoms with Gasteiger partial charge in [0.15, 0.2) is 6.10 Å². The third kappa shape index (κ3) is 36.6. The second kappa shape index (κ2) is 38.1. The van der Waals surface area contributed by atoms with E-state index < -0.39 is 6.10 Å². The van der Waals surface area contributed by atoms with Crippen molar-refractivity contribution in [3.05, 3.63) is 0 Å². The van der Waals surface area contributed by atoms with Gasteiger partial charge >= 0.3 is 17.9 Å². The van der Waals surface area contributed by atoms with E-state index in [0.717, 1.165) is 69.6 Å². The Morgan fingerprint density at radius 3 is 1.02 bits per heavy atom. The summed E-state index contributed by atoms with van der Waals surface area (Å²) in [5.74, 6) is 0.848. The van der Waals surface area contributed by atoms with Gasteiger partial charge in [-0.15, -0.1) is 0 Å². The molecule has 0 aliphatic carbocycles. The Morgan fingerprint density at radius 2 is 0.686 bits per heavy atom. The van der Waals surface area contributed by atoms with Crippen LogP contribution in [0.2, 0.25) is 0 Å². The molecule has 302 valence electrons. The minimum atomic E-state index is -0.759. The third-order valence-corrected chi connectivity index (χ3v) is 10.7. The van der Waals surface area contributed by atoms with Crippen molar-refractivity contribution in [2.45, 2.75) is 246 Å². The number of unbranched alkanes of at least 4 members (excludes halogenated alkanes) is 22. The minimum Gasteiger partial charge on any atom is -0.462 e. The first-order valence-corrected chi connectivity index (χ1v) is 22.3. The summed E-state index contributed by atoms with van der Waals surface area (Å²) >= 11 is 0. The van der Waals surface area contributed by atoms with Crippen molar-refractivity contribution in [1.29, 1.82) is 0 Å². The number of rotatable bonds is 39. The summed E-state index contributed by atoms with van der Waals surface area (Å²) < 4.78 is 16.7. The van der Waals surface area contributed by atoms with Gasteiger partial charge in [-0.3, -0.25) is 14.4 Å². The Labute approximate surface area is 317 Å². The lowest BCUT2D eigenvalue weighted by Gasteiger charge is -2.18. The fraction of sp³-hybridized carbons (Fsp3) is 0.933. The summed E-state index contributed by atoms with van der Waals surface area (Å²) in [6.07, 6.45) is 35.1. The average molecular weight is 723 g/mol. The van der Waals surface area contributed by atoms with Crippen molar-refractivity contribution in [3.63, 3.8) is 0 Å². The fourth-order valence-electron chi connectivity index (χ4n) is 6.51. The number of hydrogen-bond donors (Lipinski definition) is 0. The van der Waals surface area contributed by atoms with Crippen molar-refractivity contribution < 1.29 is 28.6 Å². The maximum Gasteiger partial charge on any atom is 0.306 e. The highest BCUT2D eigenvalue weighted by atomic mass is 16.6. The molecule has 51 heavy (non-hydrogen) atoms. The molecule has 2 unspecified atom stereocenters. The molecule has 0 fully saturated rings. The maximum absolute atomic E-state index is 12.7. The molecule has 6 nitrogen and oxygen atoms in total. The van der Waals surface area contributed by atoms with Crippen LogP contribution in [-0.4, -0.2) is 37.2 Å². The summed E-state index contributed by atoms with van der Waals surface area (Å²) in [5.41, 5.74) is 0. The van der Waals surface area contributed by atoms with Crippen molar-refractivity contribution in [2.75, 3.05) is 13.2 Å². The van der Waals surface area contributed by atoms with E-state index in [4.69, 9.17) is 14.2 Å². The SMILES string of the molecule is CCCCCCCCCC(=O)OC[C@H](COC(=O)CCCCCCCCCCCCC(C)CC)OC(=O)CCCCCCCCCCC(C)CC. The van der Waals surface area contributed by atoms with Crippen molar-refractivity contribution in [1.82, 2.24) is 0 Å². The molecule has 6 heteroatoms. The Hall–Kier alpha value is -1.59. The molecule has 0 spiro atoms. The lowest BCUT2D eigenvalue weighted by Crippen LogP contribution is -2.30. The first kappa shape index (κ1) is 49.4. The van der Waals surface area contributed by atoms with Crippen LogP contribution in [0.1, 0.15) is 240 Å². The number of hydrogen-bond acceptors (Lipinski definition) is 6. The molecule has 0 aromatic heterocycles. The van der Waals surface area contributed by atoms with E-state index in [1.165, 1.54) is 128 Å². The van der Waals surface area contributed by atoms with Crippen LogP contribution in [0.5, 0.6) is 0 Å². The quantitative estimate of drug-likeness (QED) is 0.0357. The van der Waals surface area contributed by atoms with E-state index in [9.17, 15) is 14.4 Å². The topological polar surface area (TPSA) is 78.9 Å². The first-order valence-electron chi connectivity index (χ1n) is 22.3. The molecule has 0 aromatic carbocycles. The van der Waals surface area contributed by atoms with Crippen LogP contribution < -0.4 is 0 Å². The van der Waals surface area contributed by atoms with Crippen LogP contribution in [0.3, 0.4) is 0 Å². The average Bonchev–Trinajstić information content (AvgIpc) is 3.13. The molecule has 0 rings (SSSR count). The van der Waals surface area contributed by atoms with Crippen LogP contribution in [0, 0.1) is 11.8 Å². The Bertz CT molecular complexity index is 783. The maximum atomic E-state index is 12.7. The van der Waals surface area contributed by atoms with Crippen molar-refractivity contribution >= 4 is 17.9 Å². The van der Waals surface area contributed by atoms with Gasteiger partial charge in [-0.05, 0) is 31.1 Å². The molecule has 0 saturated heterocycles. The van der Waals surface area contributed by atoms with Gasteiger partial charge in [-0.2, -0.15) is 0 Å². The van der Waals surface area contributed by atoms with E-state index in [1.54, 1.807) is 0 Å². The molecule has 0 aliphatic rings. The molecule has 0 N–H and O–H groups in total. The van der Waals surface area contributed by atoms with Crippen molar-refractivity contribution in [3.8, 4) is 0 Å². The summed E-state index contributed by atoms with van der Waals surface area (Å²) in [6.45, 7) is 11.3. The summed E-state index contributed by atoms with van der Waals surface area (Å²) in [6, 6.07) is 0. The predicted molar refractivity (Wildman–Crippen MR) is 215 cm³/mol. The molecule has 0 aliphatic heterocycles. The Morgan fingerprint density at radius 1 is 0.392 bits per heavy atom. The smallest absolute Gasteiger partial charge is 0.306 e. The van der Waals surface area contributed by atoms with Crippen LogP contribution in [-0.2, 0) is 28.6 Å². The highest BCUT2D eigenvalue weighted by Gasteiger charge is 2.19. The number of carbonyl (C=O) groups excluding carboxylic acids is 3. The lowest BCUT2D eigenvalue weighted by molar-refractivity contribution is -0.167. The third-order valence-electron chi connectivity index (χ3n) is 10.7. The van der Waals surface area contributed by atoms with Gasteiger partial charge in [0.2, 0.25) is 0 Å². The van der Waals surface area contributed by atoms with Gasteiger partial charge < -0.3 is 14.2 Å². The monoisotopic (exact) mass is 723 g/mol. The second-order valence-corrected chi connectivity index (χ2v) is 15.8. The van der Waals surface area contributed by atoms with Gasteiger partial charge in [0, 0.05) is 19.3 Å². The summed E-state index contributed by atoms with van der Waals surface area (Å²) in [4.78, 5) is 37.6. The zero-order valence-electron chi connectivity index (χ0n) is 34.7. The van der Waals surface area contributed by atoms with Crippen LogP contribution in [0.15, 0.2) is 0 Å². The van der Waals surface area contributed by atoms with Gasteiger partial charge in [0.1, 0.15) is 13.2 Å². The highest BCUT2D eigenvalue weighted by molar-refractivity contribution is 5.71. The molecule has 0 heterocycles. The molecular formula is C45H86O6. The van der Waals surface area contributed by atoms with Gasteiger partial charge in [-0.25, -0.2) is 0 Å².